The molecule has 5 nitrogen and oxygen atoms in total. The normalized spacial score (nSPS) is 11.8. The van der Waals surface area contributed by atoms with Crippen LogP contribution >= 0.6 is 0 Å². The van der Waals surface area contributed by atoms with Crippen LogP contribution in [0.1, 0.15) is 40.7 Å². The van der Waals surface area contributed by atoms with Crippen molar-refractivity contribution in [1.82, 2.24) is 9.88 Å². The van der Waals surface area contributed by atoms with Gasteiger partial charge >= 0.3 is 0 Å². The van der Waals surface area contributed by atoms with Gasteiger partial charge in [-0.25, -0.2) is 0 Å². The van der Waals surface area contributed by atoms with Crippen LogP contribution in [0.5, 0.6) is 0 Å². The summed E-state index contributed by atoms with van der Waals surface area (Å²) in [6.45, 7) is 5.98. The molecule has 5 heteroatoms. The molecule has 0 spiro atoms. The molecule has 1 amide bonds. The van der Waals surface area contributed by atoms with Gasteiger partial charge in [-0.1, -0.05) is 0 Å². The van der Waals surface area contributed by atoms with E-state index in [-0.39, 0.29) is 5.91 Å². The van der Waals surface area contributed by atoms with Gasteiger partial charge in [0.25, 0.3) is 5.91 Å². The minimum Gasteiger partial charge on any atom is -0.393 e. The van der Waals surface area contributed by atoms with Crippen LogP contribution in [0.3, 0.4) is 0 Å². The van der Waals surface area contributed by atoms with Gasteiger partial charge in [-0.15, -0.1) is 0 Å². The summed E-state index contributed by atoms with van der Waals surface area (Å²) in [6.07, 6.45) is 0.0986. The number of nitriles is 1. The summed E-state index contributed by atoms with van der Waals surface area (Å²) in [4.78, 5) is 12.3. The molecule has 0 aliphatic heterocycles. The zero-order valence-corrected chi connectivity index (χ0v) is 13.6. The summed E-state index contributed by atoms with van der Waals surface area (Å²) in [5, 5.41) is 21.0. The van der Waals surface area contributed by atoms with Crippen LogP contribution in [0.15, 0.2) is 30.3 Å². The third-order valence-electron chi connectivity index (χ3n) is 3.78. The molecule has 1 aromatic heterocycles. The van der Waals surface area contributed by atoms with Crippen LogP contribution in [0, 0.1) is 25.2 Å². The maximum Gasteiger partial charge on any atom is 0.253 e. The van der Waals surface area contributed by atoms with Crippen LogP contribution < -0.4 is 5.32 Å². The van der Waals surface area contributed by atoms with Gasteiger partial charge < -0.3 is 15.0 Å². The van der Waals surface area contributed by atoms with Crippen molar-refractivity contribution < 1.29 is 9.90 Å². The molecular weight excluding hydrogens is 290 g/mol. The fourth-order valence-electron chi connectivity index (χ4n) is 2.56. The molecule has 0 saturated heterocycles. The van der Waals surface area contributed by atoms with Crippen molar-refractivity contribution in [3.63, 3.8) is 0 Å². The number of nitrogens with one attached hydrogen (secondary N) is 1. The highest BCUT2D eigenvalue weighted by Crippen LogP contribution is 2.21. The van der Waals surface area contributed by atoms with Gasteiger partial charge in [-0.3, -0.25) is 4.79 Å². The van der Waals surface area contributed by atoms with E-state index in [2.05, 4.69) is 11.4 Å². The van der Waals surface area contributed by atoms with Crippen molar-refractivity contribution in [2.24, 2.45) is 0 Å². The first kappa shape index (κ1) is 16.8. The van der Waals surface area contributed by atoms with Gasteiger partial charge in [0.2, 0.25) is 0 Å². The Hall–Kier alpha value is -2.58. The number of carbonyl (C=O) groups is 1. The fraction of sp³-hybridized carbons (Fsp3) is 0.333. The molecule has 1 heterocycles. The van der Waals surface area contributed by atoms with Crippen LogP contribution in [-0.2, 0) is 0 Å². The average Bonchev–Trinajstić information content (AvgIpc) is 2.82. The summed E-state index contributed by atoms with van der Waals surface area (Å²) in [5.74, 6) is -0.140. The van der Waals surface area contributed by atoms with Gasteiger partial charge in [0, 0.05) is 23.6 Å². The monoisotopic (exact) mass is 311 g/mol. The fourth-order valence-corrected chi connectivity index (χ4v) is 2.56. The summed E-state index contributed by atoms with van der Waals surface area (Å²) >= 11 is 0. The summed E-state index contributed by atoms with van der Waals surface area (Å²) < 4.78 is 1.99. The van der Waals surface area contributed by atoms with Crippen molar-refractivity contribution >= 4 is 5.91 Å². The number of aliphatic hydroxyl groups excluding tert-OH is 1. The van der Waals surface area contributed by atoms with Gasteiger partial charge in [-0.2, -0.15) is 5.26 Å². The highest BCUT2D eigenvalue weighted by molar-refractivity contribution is 5.95. The highest BCUT2D eigenvalue weighted by Gasteiger charge is 2.16. The maximum atomic E-state index is 12.3. The van der Waals surface area contributed by atoms with Crippen LogP contribution in [0.25, 0.3) is 5.69 Å². The second kappa shape index (κ2) is 7.12. The quantitative estimate of drug-likeness (QED) is 0.890. The van der Waals surface area contributed by atoms with E-state index in [1.54, 1.807) is 19.1 Å². The third-order valence-corrected chi connectivity index (χ3v) is 3.78. The Morgan fingerprint density at radius 1 is 1.35 bits per heavy atom. The Kier molecular flexibility index (Phi) is 5.20. The molecule has 0 aliphatic carbocycles. The van der Waals surface area contributed by atoms with E-state index in [4.69, 9.17) is 5.26 Å². The number of amides is 1. The van der Waals surface area contributed by atoms with E-state index in [0.29, 0.717) is 24.1 Å². The lowest BCUT2D eigenvalue weighted by Crippen LogP contribution is -2.26. The van der Waals surface area contributed by atoms with Gasteiger partial charge in [0.15, 0.2) is 0 Å². The zero-order valence-electron chi connectivity index (χ0n) is 13.6. The number of nitrogens with zero attached hydrogens (tertiary/aromatic N) is 2. The molecular formula is C18H21N3O2. The lowest BCUT2D eigenvalue weighted by molar-refractivity contribution is 0.0945. The Morgan fingerprint density at radius 2 is 2.00 bits per heavy atom. The topological polar surface area (TPSA) is 78.0 Å². The Bertz CT molecular complexity index is 737. The van der Waals surface area contributed by atoms with E-state index < -0.39 is 6.10 Å². The van der Waals surface area contributed by atoms with Crippen LogP contribution in [0.4, 0.5) is 0 Å². The smallest absolute Gasteiger partial charge is 0.253 e. The van der Waals surface area contributed by atoms with Crippen molar-refractivity contribution in [2.75, 3.05) is 6.54 Å². The minimum atomic E-state index is -0.429. The first-order valence-electron chi connectivity index (χ1n) is 7.59. The van der Waals surface area contributed by atoms with E-state index in [1.165, 1.54) is 0 Å². The molecule has 0 saturated carbocycles. The molecule has 120 valence electrons. The predicted molar refractivity (Wildman–Crippen MR) is 88.6 cm³/mol. The average molecular weight is 311 g/mol. The first-order valence-corrected chi connectivity index (χ1v) is 7.59. The second-order valence-electron chi connectivity index (χ2n) is 5.67. The first-order chi connectivity index (χ1) is 10.9. The number of benzene rings is 1. The van der Waals surface area contributed by atoms with E-state index in [0.717, 1.165) is 17.1 Å². The lowest BCUT2D eigenvalue weighted by atomic mass is 10.2. The van der Waals surface area contributed by atoms with E-state index in [9.17, 15) is 9.90 Å². The van der Waals surface area contributed by atoms with Crippen molar-refractivity contribution in [2.45, 2.75) is 33.3 Å². The number of hydrogen-bond acceptors (Lipinski definition) is 3. The summed E-state index contributed by atoms with van der Waals surface area (Å²) in [6, 6.07) is 11.2. The Labute approximate surface area is 136 Å². The van der Waals surface area contributed by atoms with Crippen molar-refractivity contribution in [1.29, 1.82) is 5.26 Å². The molecule has 0 fully saturated rings. The summed E-state index contributed by atoms with van der Waals surface area (Å²) in [7, 11) is 0. The molecule has 23 heavy (non-hydrogen) atoms. The number of aryl methyl sites for hydroxylation is 1. The molecule has 2 N–H and O–H groups in total. The second-order valence-corrected chi connectivity index (χ2v) is 5.67. The molecule has 2 rings (SSSR count). The largest absolute Gasteiger partial charge is 0.393 e. The molecule has 0 aliphatic rings. The SMILES string of the molecule is Cc1cc(C(=O)NCCC(C)O)c(C)n1-c1ccc(C#N)cc1. The van der Waals surface area contributed by atoms with Crippen LogP contribution in [-0.4, -0.2) is 28.2 Å². The number of aliphatic hydroxyl groups is 1. The van der Waals surface area contributed by atoms with Gasteiger partial charge in [0.1, 0.15) is 0 Å². The number of aromatic nitrogens is 1. The predicted octanol–water partition coefficient (Wildman–Crippen LogP) is 2.47. The van der Waals surface area contributed by atoms with Gasteiger partial charge in [-0.05, 0) is 57.5 Å². The van der Waals surface area contributed by atoms with E-state index >= 15 is 0 Å². The van der Waals surface area contributed by atoms with Crippen molar-refractivity contribution in [3.05, 3.63) is 52.8 Å². The zero-order chi connectivity index (χ0) is 17.0. The molecule has 2 aromatic rings. The highest BCUT2D eigenvalue weighted by atomic mass is 16.3. The van der Waals surface area contributed by atoms with Gasteiger partial charge in [0.05, 0.1) is 23.3 Å². The standard InChI is InChI=1S/C18H21N3O2/c1-12-10-17(18(23)20-9-8-13(2)22)14(3)21(12)16-6-4-15(11-19)5-7-16/h4-7,10,13,22H,8-9H2,1-3H3,(H,20,23). The summed E-state index contributed by atoms with van der Waals surface area (Å²) in [5.41, 5.74) is 3.95. The molecule has 1 unspecified atom stereocenters. The maximum absolute atomic E-state index is 12.3. The molecule has 0 bridgehead atoms. The van der Waals surface area contributed by atoms with Crippen molar-refractivity contribution in [3.8, 4) is 11.8 Å². The molecule has 1 aromatic carbocycles. The number of hydrogen-bond donors (Lipinski definition) is 2. The molecule has 0 radical (unpaired) electrons. The lowest BCUT2D eigenvalue weighted by Gasteiger charge is -2.10. The number of carbonyl (C=O) groups excluding carboxylic acids is 1. The number of rotatable bonds is 5. The Morgan fingerprint density at radius 3 is 2.57 bits per heavy atom. The molecule has 1 atom stereocenters. The van der Waals surface area contributed by atoms with Crippen LogP contribution in [0.2, 0.25) is 0 Å². The Balaban J connectivity index is 2.25. The minimum absolute atomic E-state index is 0.140. The third kappa shape index (κ3) is 3.79. The van der Waals surface area contributed by atoms with E-state index in [1.807, 2.05) is 36.6 Å².